The zero-order chi connectivity index (χ0) is 13.0. The van der Waals surface area contributed by atoms with Gasteiger partial charge in [-0.3, -0.25) is 4.98 Å². The number of hydrogen-bond acceptors (Lipinski definition) is 4. The number of rotatable bonds is 4. The molecule has 98 valence electrons. The minimum absolute atomic E-state index is 0.0178. The predicted molar refractivity (Wildman–Crippen MR) is 64.9 cm³/mol. The van der Waals surface area contributed by atoms with E-state index >= 15 is 0 Å². The second-order valence-electron chi connectivity index (χ2n) is 4.44. The van der Waals surface area contributed by atoms with Gasteiger partial charge in [-0.2, -0.15) is 0 Å². The van der Waals surface area contributed by atoms with Crippen LogP contribution in [0.5, 0.6) is 5.75 Å². The van der Waals surface area contributed by atoms with Crippen LogP contribution in [0.2, 0.25) is 0 Å². The Labute approximate surface area is 106 Å². The zero-order valence-electron chi connectivity index (χ0n) is 10.3. The molecule has 0 bridgehead atoms. The van der Waals surface area contributed by atoms with E-state index in [1.807, 2.05) is 0 Å². The quantitative estimate of drug-likeness (QED) is 0.887. The van der Waals surface area contributed by atoms with E-state index in [-0.39, 0.29) is 17.8 Å². The number of aromatic nitrogens is 1. The molecule has 5 heteroatoms. The van der Waals surface area contributed by atoms with Crippen molar-refractivity contribution in [2.75, 3.05) is 7.11 Å². The Morgan fingerprint density at radius 3 is 2.94 bits per heavy atom. The molecule has 2 unspecified atom stereocenters. The molecular weight excluding hydrogens is 234 g/mol. The predicted octanol–water partition coefficient (Wildman–Crippen LogP) is 2.12. The molecule has 1 fully saturated rings. The zero-order valence-corrected chi connectivity index (χ0v) is 10.3. The maximum Gasteiger partial charge on any atom is 0.341 e. The van der Waals surface area contributed by atoms with Gasteiger partial charge < -0.3 is 14.6 Å². The Bertz CT molecular complexity index is 421. The molecule has 1 aliphatic rings. The fourth-order valence-corrected chi connectivity index (χ4v) is 2.25. The molecular formula is C13H17NO4. The van der Waals surface area contributed by atoms with Crippen LogP contribution in [0, 0.1) is 0 Å². The van der Waals surface area contributed by atoms with Crippen molar-refractivity contribution >= 4 is 5.97 Å². The van der Waals surface area contributed by atoms with Crippen LogP contribution in [0.15, 0.2) is 18.5 Å². The van der Waals surface area contributed by atoms with E-state index in [0.29, 0.717) is 5.75 Å². The lowest BCUT2D eigenvalue weighted by atomic mass is 9.95. The third-order valence-electron chi connectivity index (χ3n) is 3.22. The topological polar surface area (TPSA) is 68.7 Å². The summed E-state index contributed by atoms with van der Waals surface area (Å²) in [5, 5.41) is 9.05. The van der Waals surface area contributed by atoms with Crippen LogP contribution in [0.3, 0.4) is 0 Å². The average Bonchev–Trinajstić information content (AvgIpc) is 2.39. The summed E-state index contributed by atoms with van der Waals surface area (Å²) in [4.78, 5) is 14.8. The van der Waals surface area contributed by atoms with E-state index in [9.17, 15) is 4.79 Å². The third kappa shape index (κ3) is 2.98. The van der Waals surface area contributed by atoms with Crippen molar-refractivity contribution < 1.29 is 19.4 Å². The number of aromatic carboxylic acids is 1. The summed E-state index contributed by atoms with van der Waals surface area (Å²) in [7, 11) is 1.70. The highest BCUT2D eigenvalue weighted by Crippen LogP contribution is 2.26. The summed E-state index contributed by atoms with van der Waals surface area (Å²) < 4.78 is 11.1. The molecule has 0 radical (unpaired) electrons. The normalized spacial score (nSPS) is 23.6. The van der Waals surface area contributed by atoms with E-state index in [0.717, 1.165) is 25.7 Å². The molecule has 1 N–H and O–H groups in total. The molecule has 5 nitrogen and oxygen atoms in total. The molecule has 0 spiro atoms. The molecule has 1 saturated carbocycles. The van der Waals surface area contributed by atoms with Crippen molar-refractivity contribution in [3.05, 3.63) is 24.0 Å². The van der Waals surface area contributed by atoms with Gasteiger partial charge in [-0.15, -0.1) is 0 Å². The van der Waals surface area contributed by atoms with E-state index in [2.05, 4.69) is 4.98 Å². The lowest BCUT2D eigenvalue weighted by Gasteiger charge is -2.28. The molecule has 2 rings (SSSR count). The minimum atomic E-state index is -1.02. The lowest BCUT2D eigenvalue weighted by Crippen LogP contribution is -2.29. The molecule has 0 aromatic carbocycles. The van der Waals surface area contributed by atoms with Gasteiger partial charge in [0.1, 0.15) is 17.4 Å². The van der Waals surface area contributed by atoms with Gasteiger partial charge in [0.2, 0.25) is 0 Å². The minimum Gasteiger partial charge on any atom is -0.489 e. The van der Waals surface area contributed by atoms with Gasteiger partial charge >= 0.3 is 5.97 Å². The molecule has 0 amide bonds. The van der Waals surface area contributed by atoms with Crippen LogP contribution in [0.25, 0.3) is 0 Å². The van der Waals surface area contributed by atoms with E-state index in [4.69, 9.17) is 14.6 Å². The SMILES string of the molecule is COC1CCCC(Oc2ccncc2C(=O)O)C1. The van der Waals surface area contributed by atoms with E-state index in [1.54, 1.807) is 19.4 Å². The summed E-state index contributed by atoms with van der Waals surface area (Å²) in [6.07, 6.45) is 6.89. The van der Waals surface area contributed by atoms with Gasteiger partial charge in [0, 0.05) is 25.9 Å². The largest absolute Gasteiger partial charge is 0.489 e. The molecule has 18 heavy (non-hydrogen) atoms. The Hall–Kier alpha value is -1.62. The number of carbonyl (C=O) groups is 1. The summed E-state index contributed by atoms with van der Waals surface area (Å²) >= 11 is 0. The van der Waals surface area contributed by atoms with Crippen LogP contribution in [-0.4, -0.2) is 35.4 Å². The standard InChI is InChI=1S/C13H17NO4/c1-17-9-3-2-4-10(7-9)18-12-5-6-14-8-11(12)13(15)16/h5-6,8-10H,2-4,7H2,1H3,(H,15,16). The number of methoxy groups -OCH3 is 1. The Morgan fingerprint density at radius 1 is 1.44 bits per heavy atom. The molecule has 1 aromatic rings. The van der Waals surface area contributed by atoms with Gasteiger partial charge in [0.05, 0.1) is 6.10 Å². The number of hydrogen-bond donors (Lipinski definition) is 1. The van der Waals surface area contributed by atoms with Crippen LogP contribution in [-0.2, 0) is 4.74 Å². The Kier molecular flexibility index (Phi) is 4.15. The monoisotopic (exact) mass is 251 g/mol. The van der Waals surface area contributed by atoms with Crippen molar-refractivity contribution in [3.8, 4) is 5.75 Å². The fourth-order valence-electron chi connectivity index (χ4n) is 2.25. The number of pyridine rings is 1. The van der Waals surface area contributed by atoms with Crippen LogP contribution >= 0.6 is 0 Å². The Balaban J connectivity index is 2.07. The smallest absolute Gasteiger partial charge is 0.341 e. The van der Waals surface area contributed by atoms with Crippen molar-refractivity contribution in [3.63, 3.8) is 0 Å². The number of ether oxygens (including phenoxy) is 2. The van der Waals surface area contributed by atoms with E-state index in [1.165, 1.54) is 6.20 Å². The Morgan fingerprint density at radius 2 is 2.22 bits per heavy atom. The highest BCUT2D eigenvalue weighted by Gasteiger charge is 2.24. The molecule has 1 aromatic heterocycles. The fraction of sp³-hybridized carbons (Fsp3) is 0.538. The van der Waals surface area contributed by atoms with E-state index < -0.39 is 5.97 Å². The summed E-state index contributed by atoms with van der Waals surface area (Å²) in [6, 6.07) is 1.60. The first kappa shape index (κ1) is 12.8. The summed E-state index contributed by atoms with van der Waals surface area (Å²) in [6.45, 7) is 0. The second-order valence-corrected chi connectivity index (χ2v) is 4.44. The van der Waals surface area contributed by atoms with Crippen molar-refractivity contribution in [2.45, 2.75) is 37.9 Å². The van der Waals surface area contributed by atoms with Crippen LogP contribution < -0.4 is 4.74 Å². The number of carboxylic acids is 1. The van der Waals surface area contributed by atoms with Gasteiger partial charge in [-0.25, -0.2) is 4.79 Å². The molecule has 0 saturated heterocycles. The molecule has 1 heterocycles. The maximum atomic E-state index is 11.0. The van der Waals surface area contributed by atoms with Gasteiger partial charge in [-0.05, 0) is 25.3 Å². The molecule has 0 aliphatic heterocycles. The van der Waals surface area contributed by atoms with Crippen LogP contribution in [0.4, 0.5) is 0 Å². The summed E-state index contributed by atoms with van der Waals surface area (Å²) in [5.41, 5.74) is 0.108. The number of nitrogens with zero attached hydrogens (tertiary/aromatic N) is 1. The van der Waals surface area contributed by atoms with Gasteiger partial charge in [-0.1, -0.05) is 0 Å². The van der Waals surface area contributed by atoms with Gasteiger partial charge in [0.25, 0.3) is 0 Å². The van der Waals surface area contributed by atoms with Crippen molar-refractivity contribution in [2.24, 2.45) is 0 Å². The van der Waals surface area contributed by atoms with Crippen LogP contribution in [0.1, 0.15) is 36.0 Å². The first-order valence-corrected chi connectivity index (χ1v) is 6.07. The molecule has 2 atom stereocenters. The third-order valence-corrected chi connectivity index (χ3v) is 3.22. The lowest BCUT2D eigenvalue weighted by molar-refractivity contribution is 0.0204. The van der Waals surface area contributed by atoms with Gasteiger partial charge in [0.15, 0.2) is 0 Å². The highest BCUT2D eigenvalue weighted by atomic mass is 16.5. The average molecular weight is 251 g/mol. The number of carboxylic acid groups (broad SMARTS) is 1. The summed E-state index contributed by atoms with van der Waals surface area (Å²) in [5.74, 6) is -0.628. The highest BCUT2D eigenvalue weighted by molar-refractivity contribution is 5.90. The van der Waals surface area contributed by atoms with Crippen molar-refractivity contribution in [1.29, 1.82) is 0 Å². The van der Waals surface area contributed by atoms with Crippen molar-refractivity contribution in [1.82, 2.24) is 4.98 Å². The maximum absolute atomic E-state index is 11.0. The first-order chi connectivity index (χ1) is 8.70. The first-order valence-electron chi connectivity index (χ1n) is 6.07. The second kappa shape index (κ2) is 5.82. The molecule has 1 aliphatic carbocycles.